The van der Waals surface area contributed by atoms with Crippen molar-refractivity contribution in [3.63, 3.8) is 0 Å². The van der Waals surface area contributed by atoms with Crippen LogP contribution in [0, 0.1) is 11.3 Å². The molecule has 154 valence electrons. The van der Waals surface area contributed by atoms with Crippen LogP contribution in [0.5, 0.6) is 5.75 Å². The predicted molar refractivity (Wildman–Crippen MR) is 110 cm³/mol. The van der Waals surface area contributed by atoms with Gasteiger partial charge in [0.25, 0.3) is 5.91 Å². The van der Waals surface area contributed by atoms with Crippen LogP contribution in [0.25, 0.3) is 0 Å². The van der Waals surface area contributed by atoms with Crippen molar-refractivity contribution >= 4 is 5.91 Å². The Morgan fingerprint density at radius 1 is 1.21 bits per heavy atom. The Kier molecular flexibility index (Phi) is 5.34. The van der Waals surface area contributed by atoms with Crippen LogP contribution in [0.2, 0.25) is 0 Å². The van der Waals surface area contributed by atoms with E-state index in [-0.39, 0.29) is 42.1 Å². The van der Waals surface area contributed by atoms with Crippen molar-refractivity contribution in [1.82, 2.24) is 9.80 Å². The van der Waals surface area contributed by atoms with Crippen molar-refractivity contribution in [2.75, 3.05) is 39.8 Å². The van der Waals surface area contributed by atoms with Crippen molar-refractivity contribution in [2.45, 2.75) is 12.0 Å². The van der Waals surface area contributed by atoms with Gasteiger partial charge in [-0.3, -0.25) is 4.79 Å². The van der Waals surface area contributed by atoms with Gasteiger partial charge in [-0.25, -0.2) is 0 Å². The summed E-state index contributed by atoms with van der Waals surface area (Å²) in [7, 11) is 1.97. The summed E-state index contributed by atoms with van der Waals surface area (Å²) >= 11 is 0. The summed E-state index contributed by atoms with van der Waals surface area (Å²) in [5, 5.41) is 30.0. The van der Waals surface area contributed by atoms with Crippen molar-refractivity contribution in [2.24, 2.45) is 11.3 Å². The number of phenolic OH excluding ortho intramolecular Hbond substituents is 1. The van der Waals surface area contributed by atoms with Crippen LogP contribution in [-0.4, -0.2) is 77.0 Å². The molecule has 4 rings (SSSR count). The Labute approximate surface area is 171 Å². The Morgan fingerprint density at radius 2 is 1.97 bits per heavy atom. The lowest BCUT2D eigenvalue weighted by molar-refractivity contribution is 0.0763. The standard InChI is InChI=1S/C23H28N2O4/c1-24(10-11-26)13-19-21(16-6-3-2-4-7-16)23(19)15-25(14-20(23)28)22(29)17-8-5-9-18(27)12-17/h2-9,12,19-21,26-28H,10-11,13-15H2,1H3/t19-,20+,21-,23-/m1/s1. The molecule has 1 heterocycles. The number of aromatic hydroxyl groups is 1. The fraction of sp³-hybridized carbons (Fsp3) is 0.435. The maximum Gasteiger partial charge on any atom is 0.254 e. The zero-order chi connectivity index (χ0) is 20.6. The van der Waals surface area contributed by atoms with Crippen LogP contribution < -0.4 is 0 Å². The fourth-order valence-corrected chi connectivity index (χ4v) is 5.14. The normalized spacial score (nSPS) is 28.3. The number of benzene rings is 2. The third kappa shape index (κ3) is 3.52. The quantitative estimate of drug-likeness (QED) is 0.690. The minimum atomic E-state index is -0.610. The second-order valence-corrected chi connectivity index (χ2v) is 8.34. The van der Waals surface area contributed by atoms with Crippen LogP contribution in [0.15, 0.2) is 54.6 Å². The van der Waals surface area contributed by atoms with E-state index < -0.39 is 6.10 Å². The third-order valence-corrected chi connectivity index (χ3v) is 6.57. The number of carbonyl (C=O) groups is 1. The number of aliphatic hydroxyl groups excluding tert-OH is 2. The summed E-state index contributed by atoms with van der Waals surface area (Å²) in [4.78, 5) is 16.8. The van der Waals surface area contributed by atoms with Gasteiger partial charge in [0.05, 0.1) is 12.7 Å². The molecular formula is C23H28N2O4. The first-order valence-corrected chi connectivity index (χ1v) is 10.1. The van der Waals surface area contributed by atoms with E-state index in [0.717, 1.165) is 6.54 Å². The van der Waals surface area contributed by atoms with E-state index in [1.54, 1.807) is 17.0 Å². The van der Waals surface area contributed by atoms with Crippen molar-refractivity contribution in [3.05, 3.63) is 65.7 Å². The first-order chi connectivity index (χ1) is 14.0. The van der Waals surface area contributed by atoms with E-state index in [2.05, 4.69) is 17.0 Å². The minimum Gasteiger partial charge on any atom is -0.508 e. The van der Waals surface area contributed by atoms with Crippen LogP contribution >= 0.6 is 0 Å². The average Bonchev–Trinajstić information content (AvgIpc) is 3.20. The van der Waals surface area contributed by atoms with E-state index in [1.807, 2.05) is 25.2 Å². The molecule has 1 saturated heterocycles. The van der Waals surface area contributed by atoms with Gasteiger partial charge in [0.1, 0.15) is 5.75 Å². The van der Waals surface area contributed by atoms with Gasteiger partial charge in [-0.2, -0.15) is 0 Å². The summed E-state index contributed by atoms with van der Waals surface area (Å²) in [5.74, 6) is 0.264. The lowest BCUT2D eigenvalue weighted by Gasteiger charge is -2.19. The molecule has 1 aliphatic carbocycles. The molecule has 2 aliphatic rings. The van der Waals surface area contributed by atoms with Gasteiger partial charge < -0.3 is 25.1 Å². The molecule has 29 heavy (non-hydrogen) atoms. The van der Waals surface area contributed by atoms with Crippen molar-refractivity contribution < 1.29 is 20.1 Å². The number of likely N-dealkylation sites (tertiary alicyclic amines) is 1. The van der Waals surface area contributed by atoms with Crippen molar-refractivity contribution in [1.29, 1.82) is 0 Å². The lowest BCUT2D eigenvalue weighted by atomic mass is 9.95. The summed E-state index contributed by atoms with van der Waals surface area (Å²) in [6, 6.07) is 16.5. The number of rotatable bonds is 6. The van der Waals surface area contributed by atoms with Crippen LogP contribution in [0.4, 0.5) is 0 Å². The fourth-order valence-electron chi connectivity index (χ4n) is 5.14. The van der Waals surface area contributed by atoms with Gasteiger partial charge in [-0.1, -0.05) is 36.4 Å². The second-order valence-electron chi connectivity index (χ2n) is 8.34. The predicted octanol–water partition coefficient (Wildman–Crippen LogP) is 1.53. The van der Waals surface area contributed by atoms with Gasteiger partial charge in [-0.05, 0) is 42.6 Å². The number of aliphatic hydroxyl groups is 2. The Hall–Kier alpha value is -2.41. The molecule has 3 N–H and O–H groups in total. The minimum absolute atomic E-state index is 0.0578. The van der Waals surface area contributed by atoms with Crippen LogP contribution in [0.1, 0.15) is 21.8 Å². The molecule has 1 amide bonds. The van der Waals surface area contributed by atoms with Gasteiger partial charge in [-0.15, -0.1) is 0 Å². The first kappa shape index (κ1) is 19.9. The van der Waals surface area contributed by atoms with Crippen molar-refractivity contribution in [3.8, 4) is 5.75 Å². The summed E-state index contributed by atoms with van der Waals surface area (Å²) in [5.41, 5.74) is 1.23. The molecule has 1 spiro atoms. The number of hydrogen-bond acceptors (Lipinski definition) is 5. The van der Waals surface area contributed by atoms with Gasteiger partial charge in [0.15, 0.2) is 0 Å². The maximum absolute atomic E-state index is 13.0. The number of likely N-dealkylation sites (N-methyl/N-ethyl adjacent to an activating group) is 1. The first-order valence-electron chi connectivity index (χ1n) is 10.1. The highest BCUT2D eigenvalue weighted by molar-refractivity contribution is 5.95. The number of carbonyl (C=O) groups excluding carboxylic acids is 1. The van der Waals surface area contributed by atoms with Gasteiger partial charge in [0, 0.05) is 37.2 Å². The lowest BCUT2D eigenvalue weighted by Crippen LogP contribution is -2.30. The SMILES string of the molecule is CN(CCO)C[C@@H]1[C@@H](c2ccccc2)[C@]12CN(C(=O)c1cccc(O)c1)C[C@@H]2O. The summed E-state index contributed by atoms with van der Waals surface area (Å²) < 4.78 is 0. The highest BCUT2D eigenvalue weighted by Crippen LogP contribution is 2.69. The molecule has 1 saturated carbocycles. The largest absolute Gasteiger partial charge is 0.508 e. The third-order valence-electron chi connectivity index (χ3n) is 6.57. The number of phenols is 1. The number of hydrogen-bond donors (Lipinski definition) is 3. The zero-order valence-electron chi connectivity index (χ0n) is 16.6. The molecule has 0 bridgehead atoms. The van der Waals surface area contributed by atoms with E-state index in [1.165, 1.54) is 17.7 Å². The molecule has 6 heteroatoms. The smallest absolute Gasteiger partial charge is 0.254 e. The van der Waals surface area contributed by atoms with Gasteiger partial charge in [0.2, 0.25) is 0 Å². The van der Waals surface area contributed by atoms with E-state index in [4.69, 9.17) is 0 Å². The summed E-state index contributed by atoms with van der Waals surface area (Å²) in [6.45, 7) is 2.20. The molecule has 0 unspecified atom stereocenters. The Balaban J connectivity index is 1.59. The number of amides is 1. The van der Waals surface area contributed by atoms with Crippen LogP contribution in [-0.2, 0) is 0 Å². The van der Waals surface area contributed by atoms with E-state index in [9.17, 15) is 20.1 Å². The highest BCUT2D eigenvalue weighted by atomic mass is 16.3. The Morgan fingerprint density at radius 3 is 2.66 bits per heavy atom. The molecule has 0 aromatic heterocycles. The summed E-state index contributed by atoms with van der Waals surface area (Å²) in [6.07, 6.45) is -0.610. The molecule has 4 atom stereocenters. The molecular weight excluding hydrogens is 368 g/mol. The molecule has 2 aromatic rings. The number of nitrogens with zero attached hydrogens (tertiary/aromatic N) is 2. The molecule has 2 aromatic carbocycles. The topological polar surface area (TPSA) is 84.2 Å². The molecule has 2 fully saturated rings. The monoisotopic (exact) mass is 396 g/mol. The Bertz CT molecular complexity index is 874. The maximum atomic E-state index is 13.0. The second kappa shape index (κ2) is 7.78. The highest BCUT2D eigenvalue weighted by Gasteiger charge is 2.71. The average molecular weight is 396 g/mol. The number of β-amino-alcohol motifs (C(OH)–C–C–N with tert-alkyl or cyclic N) is 1. The molecule has 1 aliphatic heterocycles. The zero-order valence-corrected chi connectivity index (χ0v) is 16.6. The van der Waals surface area contributed by atoms with E-state index in [0.29, 0.717) is 18.7 Å². The molecule has 0 radical (unpaired) electrons. The van der Waals surface area contributed by atoms with E-state index >= 15 is 0 Å². The van der Waals surface area contributed by atoms with Gasteiger partial charge >= 0.3 is 0 Å². The van der Waals surface area contributed by atoms with Crippen LogP contribution in [0.3, 0.4) is 0 Å². The molecule has 6 nitrogen and oxygen atoms in total.